The van der Waals surface area contributed by atoms with Crippen molar-refractivity contribution in [2.24, 2.45) is 0 Å². The molecule has 0 aliphatic heterocycles. The number of alkyl halides is 3. The van der Waals surface area contributed by atoms with Crippen molar-refractivity contribution in [3.05, 3.63) is 67.0 Å². The number of nitrogens with zero attached hydrogens (tertiary/aromatic N) is 5. The van der Waals surface area contributed by atoms with E-state index in [0.29, 0.717) is 0 Å². The number of amides is 1. The molecule has 0 bridgehead atoms. The van der Waals surface area contributed by atoms with E-state index in [-0.39, 0.29) is 34.0 Å². The number of carbonyl (C=O) groups excluding carboxylic acids is 1. The molecule has 0 aliphatic carbocycles. The van der Waals surface area contributed by atoms with Crippen molar-refractivity contribution in [3.63, 3.8) is 0 Å². The molecule has 4 rings (SSSR count). The maximum Gasteiger partial charge on any atom is 0.573 e. The minimum Gasteiger partial charge on any atom is -0.405 e. The molecule has 0 radical (unpaired) electrons. The van der Waals surface area contributed by atoms with Crippen LogP contribution >= 0.6 is 0 Å². The van der Waals surface area contributed by atoms with Gasteiger partial charge in [0.15, 0.2) is 5.65 Å². The molecule has 1 aromatic carbocycles. The SMILES string of the molecule is O=C(Nc1cnn2ccc(-c3ccccc3OC(F)(F)F)nc12)c1cnccn1. The number of ether oxygens (including phenoxy) is 1. The van der Waals surface area contributed by atoms with Gasteiger partial charge in [-0.15, -0.1) is 13.2 Å². The summed E-state index contributed by atoms with van der Waals surface area (Å²) >= 11 is 0. The molecule has 0 unspecified atom stereocenters. The van der Waals surface area contributed by atoms with Crippen LogP contribution in [0.4, 0.5) is 18.9 Å². The van der Waals surface area contributed by atoms with Gasteiger partial charge in [0, 0.05) is 24.2 Å². The molecule has 0 fully saturated rings. The summed E-state index contributed by atoms with van der Waals surface area (Å²) in [6, 6.07) is 7.13. The molecule has 3 heterocycles. The van der Waals surface area contributed by atoms with Crippen molar-refractivity contribution < 1.29 is 22.7 Å². The number of para-hydroxylation sites is 1. The van der Waals surface area contributed by atoms with Crippen LogP contribution in [-0.4, -0.2) is 36.8 Å². The van der Waals surface area contributed by atoms with E-state index in [1.807, 2.05) is 0 Å². The van der Waals surface area contributed by atoms with Gasteiger partial charge in [-0.3, -0.25) is 9.78 Å². The van der Waals surface area contributed by atoms with Gasteiger partial charge < -0.3 is 10.1 Å². The predicted octanol–water partition coefficient (Wildman–Crippen LogP) is 3.34. The van der Waals surface area contributed by atoms with Crippen LogP contribution in [0, 0.1) is 0 Å². The van der Waals surface area contributed by atoms with Gasteiger partial charge in [0.25, 0.3) is 5.91 Å². The largest absolute Gasteiger partial charge is 0.573 e. The first-order valence-corrected chi connectivity index (χ1v) is 8.17. The van der Waals surface area contributed by atoms with Gasteiger partial charge in [-0.25, -0.2) is 14.5 Å². The second kappa shape index (κ2) is 7.19. The Morgan fingerprint density at radius 1 is 1.10 bits per heavy atom. The van der Waals surface area contributed by atoms with Crippen LogP contribution < -0.4 is 10.1 Å². The molecule has 4 aromatic rings. The molecule has 29 heavy (non-hydrogen) atoms. The molecule has 3 aromatic heterocycles. The first-order chi connectivity index (χ1) is 13.9. The quantitative estimate of drug-likeness (QED) is 0.565. The third-order valence-corrected chi connectivity index (χ3v) is 3.80. The first-order valence-electron chi connectivity index (χ1n) is 8.17. The van der Waals surface area contributed by atoms with Gasteiger partial charge >= 0.3 is 6.36 Å². The molecule has 1 N–H and O–H groups in total. The lowest BCUT2D eigenvalue weighted by molar-refractivity contribution is -0.274. The number of halogens is 3. The molecule has 0 spiro atoms. The highest BCUT2D eigenvalue weighted by molar-refractivity contribution is 6.04. The number of aromatic nitrogens is 5. The van der Waals surface area contributed by atoms with Crippen molar-refractivity contribution in [3.8, 4) is 17.0 Å². The van der Waals surface area contributed by atoms with Crippen LogP contribution in [0.2, 0.25) is 0 Å². The third kappa shape index (κ3) is 3.98. The number of benzene rings is 1. The van der Waals surface area contributed by atoms with E-state index in [4.69, 9.17) is 0 Å². The van der Waals surface area contributed by atoms with Crippen LogP contribution in [0.15, 0.2) is 61.3 Å². The molecule has 146 valence electrons. The van der Waals surface area contributed by atoms with Crippen molar-refractivity contribution >= 4 is 17.2 Å². The Morgan fingerprint density at radius 2 is 1.93 bits per heavy atom. The molecule has 0 atom stereocenters. The topological polar surface area (TPSA) is 94.3 Å². The molecular weight excluding hydrogens is 389 g/mol. The molecule has 0 aliphatic rings. The summed E-state index contributed by atoms with van der Waals surface area (Å²) in [4.78, 5) is 24.4. The summed E-state index contributed by atoms with van der Waals surface area (Å²) in [5.74, 6) is -0.914. The highest BCUT2D eigenvalue weighted by Gasteiger charge is 2.32. The molecule has 1 amide bonds. The summed E-state index contributed by atoms with van der Waals surface area (Å²) in [6.45, 7) is 0. The van der Waals surface area contributed by atoms with Gasteiger partial charge in [-0.1, -0.05) is 12.1 Å². The Labute approximate surface area is 161 Å². The third-order valence-electron chi connectivity index (χ3n) is 3.80. The average molecular weight is 400 g/mol. The maximum atomic E-state index is 12.7. The van der Waals surface area contributed by atoms with Crippen molar-refractivity contribution in [1.29, 1.82) is 0 Å². The fourth-order valence-electron chi connectivity index (χ4n) is 2.60. The second-order valence-electron chi connectivity index (χ2n) is 5.73. The van der Waals surface area contributed by atoms with Crippen molar-refractivity contribution in [1.82, 2.24) is 24.6 Å². The first kappa shape index (κ1) is 18.3. The Balaban J connectivity index is 1.71. The van der Waals surface area contributed by atoms with Gasteiger partial charge in [0.2, 0.25) is 0 Å². The van der Waals surface area contributed by atoms with E-state index < -0.39 is 12.3 Å². The molecule has 0 saturated heterocycles. The number of carbonyl (C=O) groups is 1. The number of anilines is 1. The zero-order valence-electron chi connectivity index (χ0n) is 14.5. The molecular formula is C18H11F3N6O2. The monoisotopic (exact) mass is 400 g/mol. The zero-order valence-corrected chi connectivity index (χ0v) is 14.5. The number of hydrogen-bond donors (Lipinski definition) is 1. The van der Waals surface area contributed by atoms with Crippen LogP contribution in [0.3, 0.4) is 0 Å². The lowest BCUT2D eigenvalue weighted by Gasteiger charge is -2.13. The van der Waals surface area contributed by atoms with E-state index in [9.17, 15) is 18.0 Å². The summed E-state index contributed by atoms with van der Waals surface area (Å²) in [5.41, 5.74) is 0.942. The summed E-state index contributed by atoms with van der Waals surface area (Å²) in [5, 5.41) is 6.69. The highest BCUT2D eigenvalue weighted by atomic mass is 19.4. The summed E-state index contributed by atoms with van der Waals surface area (Å²) in [6.07, 6.45) is 2.15. The highest BCUT2D eigenvalue weighted by Crippen LogP contribution is 2.33. The van der Waals surface area contributed by atoms with Crippen molar-refractivity contribution in [2.45, 2.75) is 6.36 Å². The minimum absolute atomic E-state index is 0.0897. The number of hydrogen-bond acceptors (Lipinski definition) is 6. The van der Waals surface area contributed by atoms with Crippen LogP contribution in [0.1, 0.15) is 10.5 Å². The van der Waals surface area contributed by atoms with Gasteiger partial charge in [0.1, 0.15) is 17.1 Å². The predicted molar refractivity (Wildman–Crippen MR) is 95.1 cm³/mol. The van der Waals surface area contributed by atoms with Gasteiger partial charge in [-0.2, -0.15) is 5.10 Å². The Kier molecular flexibility index (Phi) is 4.55. The van der Waals surface area contributed by atoms with E-state index in [1.165, 1.54) is 59.8 Å². The van der Waals surface area contributed by atoms with Crippen LogP contribution in [0.25, 0.3) is 16.9 Å². The van der Waals surface area contributed by atoms with E-state index in [1.54, 1.807) is 6.07 Å². The fraction of sp³-hybridized carbons (Fsp3) is 0.0556. The Bertz CT molecular complexity index is 1180. The standard InChI is InChI=1S/C18H11F3N6O2/c19-18(20,21)29-15-4-2-1-3-11(15)12-5-8-27-16(25-12)13(10-24-27)26-17(28)14-9-22-6-7-23-14/h1-10H,(H,26,28). The maximum absolute atomic E-state index is 12.7. The average Bonchev–Trinajstić information content (AvgIpc) is 3.10. The molecule has 8 nitrogen and oxygen atoms in total. The van der Waals surface area contributed by atoms with Gasteiger partial charge in [-0.05, 0) is 18.2 Å². The summed E-state index contributed by atoms with van der Waals surface area (Å²) in [7, 11) is 0. The molecule has 11 heteroatoms. The van der Waals surface area contributed by atoms with Gasteiger partial charge in [0.05, 0.1) is 18.1 Å². The van der Waals surface area contributed by atoms with E-state index >= 15 is 0 Å². The fourth-order valence-corrected chi connectivity index (χ4v) is 2.60. The van der Waals surface area contributed by atoms with E-state index in [2.05, 4.69) is 30.1 Å². The van der Waals surface area contributed by atoms with Crippen LogP contribution in [0.5, 0.6) is 5.75 Å². The number of nitrogens with one attached hydrogen (secondary N) is 1. The lowest BCUT2D eigenvalue weighted by Crippen LogP contribution is -2.17. The van der Waals surface area contributed by atoms with Crippen molar-refractivity contribution in [2.75, 3.05) is 5.32 Å². The normalized spacial score (nSPS) is 11.4. The number of fused-ring (bicyclic) bond motifs is 1. The van der Waals surface area contributed by atoms with E-state index in [0.717, 1.165) is 0 Å². The Morgan fingerprint density at radius 3 is 2.69 bits per heavy atom. The lowest BCUT2D eigenvalue weighted by atomic mass is 10.1. The van der Waals surface area contributed by atoms with Crippen LogP contribution in [-0.2, 0) is 0 Å². The second-order valence-corrected chi connectivity index (χ2v) is 5.73. The minimum atomic E-state index is -4.84. The zero-order chi connectivity index (χ0) is 20.4. The smallest absolute Gasteiger partial charge is 0.405 e. The molecule has 0 saturated carbocycles. The Hall–Kier alpha value is -4.02. The number of rotatable bonds is 4. The summed E-state index contributed by atoms with van der Waals surface area (Å²) < 4.78 is 43.5.